The zero-order valence-electron chi connectivity index (χ0n) is 11.2. The first-order valence-electron chi connectivity index (χ1n) is 6.36. The van der Waals surface area contributed by atoms with Gasteiger partial charge in [0.05, 0.1) is 6.61 Å². The maximum atomic E-state index is 5.05. The first kappa shape index (κ1) is 14.9. The number of methoxy groups -OCH3 is 1. The molecule has 0 heterocycles. The second kappa shape index (κ2) is 8.12. The number of ether oxygens (including phenoxy) is 1. The van der Waals surface area contributed by atoms with Crippen molar-refractivity contribution in [3.05, 3.63) is 0 Å². The molecule has 0 aromatic heterocycles. The van der Waals surface area contributed by atoms with Crippen LogP contribution < -0.4 is 5.32 Å². The molecule has 0 spiro atoms. The molecule has 2 nitrogen and oxygen atoms in total. The lowest BCUT2D eigenvalue weighted by atomic mass is 9.71. The summed E-state index contributed by atoms with van der Waals surface area (Å²) in [6.07, 6.45) is 3.80. The molecule has 0 aromatic rings. The Hall–Kier alpha value is -0.0800. The van der Waals surface area contributed by atoms with E-state index in [9.17, 15) is 0 Å². The van der Waals surface area contributed by atoms with Crippen LogP contribution in [-0.2, 0) is 4.74 Å². The molecule has 0 aliphatic carbocycles. The zero-order valence-corrected chi connectivity index (χ0v) is 11.2. The second-order valence-electron chi connectivity index (χ2n) is 4.55. The van der Waals surface area contributed by atoms with E-state index in [0.717, 1.165) is 25.6 Å². The highest BCUT2D eigenvalue weighted by atomic mass is 16.5. The Balaban J connectivity index is 4.12. The molecule has 92 valence electrons. The van der Waals surface area contributed by atoms with Crippen molar-refractivity contribution < 1.29 is 4.74 Å². The number of hydrogen-bond acceptors (Lipinski definition) is 2. The standard InChI is InChI=1S/C13H29NO/c1-6-12(4)13(7-2,8-3)11-14-9-10-15-5/h12,14H,6-11H2,1-5H3. The predicted octanol–water partition coefficient (Wildman–Crippen LogP) is 3.07. The van der Waals surface area contributed by atoms with Gasteiger partial charge in [-0.2, -0.15) is 0 Å². The molecular weight excluding hydrogens is 186 g/mol. The molecule has 0 aliphatic rings. The van der Waals surface area contributed by atoms with E-state index < -0.39 is 0 Å². The predicted molar refractivity (Wildman–Crippen MR) is 67.2 cm³/mol. The Morgan fingerprint density at radius 2 is 1.80 bits per heavy atom. The topological polar surface area (TPSA) is 21.3 Å². The van der Waals surface area contributed by atoms with Gasteiger partial charge in [-0.15, -0.1) is 0 Å². The van der Waals surface area contributed by atoms with Gasteiger partial charge in [-0.25, -0.2) is 0 Å². The maximum Gasteiger partial charge on any atom is 0.0587 e. The van der Waals surface area contributed by atoms with E-state index in [1.807, 2.05) is 0 Å². The monoisotopic (exact) mass is 215 g/mol. The van der Waals surface area contributed by atoms with Gasteiger partial charge in [0.1, 0.15) is 0 Å². The van der Waals surface area contributed by atoms with E-state index in [1.54, 1.807) is 7.11 Å². The van der Waals surface area contributed by atoms with Crippen LogP contribution in [0.3, 0.4) is 0 Å². The molecule has 0 rings (SSSR count). The van der Waals surface area contributed by atoms with Crippen LogP contribution in [0.4, 0.5) is 0 Å². The van der Waals surface area contributed by atoms with Crippen LogP contribution in [0.15, 0.2) is 0 Å². The lowest BCUT2D eigenvalue weighted by Crippen LogP contribution is -2.39. The Morgan fingerprint density at radius 3 is 2.20 bits per heavy atom. The zero-order chi connectivity index (χ0) is 11.7. The Kier molecular flexibility index (Phi) is 8.07. The molecular formula is C13H29NO. The second-order valence-corrected chi connectivity index (χ2v) is 4.55. The molecule has 0 aliphatic heterocycles. The summed E-state index contributed by atoms with van der Waals surface area (Å²) < 4.78 is 5.05. The van der Waals surface area contributed by atoms with Gasteiger partial charge in [0.15, 0.2) is 0 Å². The van der Waals surface area contributed by atoms with Crippen molar-refractivity contribution in [2.75, 3.05) is 26.8 Å². The van der Waals surface area contributed by atoms with Gasteiger partial charge < -0.3 is 10.1 Å². The third-order valence-electron chi connectivity index (χ3n) is 4.03. The molecule has 1 atom stereocenters. The Morgan fingerprint density at radius 1 is 1.20 bits per heavy atom. The van der Waals surface area contributed by atoms with Gasteiger partial charge in [-0.05, 0) is 24.2 Å². The van der Waals surface area contributed by atoms with Crippen molar-refractivity contribution in [1.82, 2.24) is 5.32 Å². The van der Waals surface area contributed by atoms with Crippen LogP contribution in [0.1, 0.15) is 47.0 Å². The summed E-state index contributed by atoms with van der Waals surface area (Å²) in [5, 5.41) is 3.52. The molecule has 0 saturated heterocycles. The normalized spacial score (nSPS) is 14.2. The largest absolute Gasteiger partial charge is 0.383 e. The molecule has 1 unspecified atom stereocenters. The summed E-state index contributed by atoms with van der Waals surface area (Å²) in [5.41, 5.74) is 0.475. The van der Waals surface area contributed by atoms with E-state index in [4.69, 9.17) is 4.74 Å². The van der Waals surface area contributed by atoms with Crippen molar-refractivity contribution in [3.63, 3.8) is 0 Å². The summed E-state index contributed by atoms with van der Waals surface area (Å²) in [4.78, 5) is 0. The van der Waals surface area contributed by atoms with Crippen molar-refractivity contribution >= 4 is 0 Å². The summed E-state index contributed by atoms with van der Waals surface area (Å²) >= 11 is 0. The fourth-order valence-corrected chi connectivity index (χ4v) is 2.32. The summed E-state index contributed by atoms with van der Waals surface area (Å²) in [6.45, 7) is 12.2. The van der Waals surface area contributed by atoms with E-state index >= 15 is 0 Å². The first-order valence-corrected chi connectivity index (χ1v) is 6.36. The highest BCUT2D eigenvalue weighted by Gasteiger charge is 2.30. The number of rotatable bonds is 9. The molecule has 0 amide bonds. The van der Waals surface area contributed by atoms with Gasteiger partial charge in [-0.3, -0.25) is 0 Å². The SMILES string of the molecule is CCC(C)C(CC)(CC)CNCCOC. The minimum absolute atomic E-state index is 0.475. The minimum atomic E-state index is 0.475. The van der Waals surface area contributed by atoms with Crippen molar-refractivity contribution in [2.24, 2.45) is 11.3 Å². The van der Waals surface area contributed by atoms with E-state index in [2.05, 4.69) is 33.0 Å². The van der Waals surface area contributed by atoms with E-state index in [-0.39, 0.29) is 0 Å². The average Bonchev–Trinajstić information content (AvgIpc) is 2.29. The molecule has 0 bridgehead atoms. The summed E-state index contributed by atoms with van der Waals surface area (Å²) in [6, 6.07) is 0. The minimum Gasteiger partial charge on any atom is -0.383 e. The van der Waals surface area contributed by atoms with Crippen LogP contribution in [0.25, 0.3) is 0 Å². The lowest BCUT2D eigenvalue weighted by Gasteiger charge is -2.38. The van der Waals surface area contributed by atoms with Crippen LogP contribution in [0, 0.1) is 11.3 Å². The van der Waals surface area contributed by atoms with Crippen LogP contribution >= 0.6 is 0 Å². The highest BCUT2D eigenvalue weighted by molar-refractivity contribution is 4.83. The van der Waals surface area contributed by atoms with Crippen LogP contribution in [-0.4, -0.2) is 26.8 Å². The fraction of sp³-hybridized carbons (Fsp3) is 1.00. The Labute approximate surface area is 95.8 Å². The van der Waals surface area contributed by atoms with Gasteiger partial charge in [0.2, 0.25) is 0 Å². The lowest BCUT2D eigenvalue weighted by molar-refractivity contribution is 0.137. The van der Waals surface area contributed by atoms with Gasteiger partial charge >= 0.3 is 0 Å². The third kappa shape index (κ3) is 4.52. The molecule has 15 heavy (non-hydrogen) atoms. The molecule has 1 N–H and O–H groups in total. The number of hydrogen-bond donors (Lipinski definition) is 1. The fourth-order valence-electron chi connectivity index (χ4n) is 2.32. The van der Waals surface area contributed by atoms with Crippen molar-refractivity contribution in [3.8, 4) is 0 Å². The van der Waals surface area contributed by atoms with E-state index in [1.165, 1.54) is 19.3 Å². The van der Waals surface area contributed by atoms with Crippen molar-refractivity contribution in [2.45, 2.75) is 47.0 Å². The maximum absolute atomic E-state index is 5.05. The molecule has 0 radical (unpaired) electrons. The number of nitrogens with one attached hydrogen (secondary N) is 1. The average molecular weight is 215 g/mol. The van der Waals surface area contributed by atoms with E-state index in [0.29, 0.717) is 5.41 Å². The van der Waals surface area contributed by atoms with Gasteiger partial charge in [0.25, 0.3) is 0 Å². The quantitative estimate of drug-likeness (QED) is 0.597. The molecule has 0 fully saturated rings. The van der Waals surface area contributed by atoms with Crippen molar-refractivity contribution in [1.29, 1.82) is 0 Å². The molecule has 2 heteroatoms. The smallest absolute Gasteiger partial charge is 0.0587 e. The summed E-state index contributed by atoms with van der Waals surface area (Å²) in [7, 11) is 1.75. The first-order chi connectivity index (χ1) is 7.16. The highest BCUT2D eigenvalue weighted by Crippen LogP contribution is 2.36. The third-order valence-corrected chi connectivity index (χ3v) is 4.03. The summed E-state index contributed by atoms with van der Waals surface area (Å²) in [5.74, 6) is 0.794. The van der Waals surface area contributed by atoms with Crippen LogP contribution in [0.5, 0.6) is 0 Å². The van der Waals surface area contributed by atoms with Gasteiger partial charge in [-0.1, -0.05) is 34.1 Å². The molecule has 0 aromatic carbocycles. The van der Waals surface area contributed by atoms with Crippen LogP contribution in [0.2, 0.25) is 0 Å². The Bertz CT molecular complexity index is 143. The van der Waals surface area contributed by atoms with Gasteiger partial charge in [0, 0.05) is 20.2 Å². The molecule has 0 saturated carbocycles.